The Hall–Kier alpha value is -2.54. The van der Waals surface area contributed by atoms with Crippen molar-refractivity contribution in [3.63, 3.8) is 0 Å². The van der Waals surface area contributed by atoms with Crippen LogP contribution < -0.4 is 0 Å². The molecule has 7 heteroatoms. The molecule has 0 spiro atoms. The minimum absolute atomic E-state index is 0.223. The van der Waals surface area contributed by atoms with Gasteiger partial charge >= 0.3 is 0 Å². The summed E-state index contributed by atoms with van der Waals surface area (Å²) in [4.78, 5) is 27.8. The molecule has 1 aliphatic heterocycles. The van der Waals surface area contributed by atoms with E-state index in [1.165, 1.54) is 0 Å². The predicted molar refractivity (Wildman–Crippen MR) is 105 cm³/mol. The molecule has 0 aromatic carbocycles. The minimum atomic E-state index is 0.223. The third-order valence-electron chi connectivity index (χ3n) is 5.05. The van der Waals surface area contributed by atoms with E-state index in [2.05, 4.69) is 24.9 Å². The fraction of sp³-hybridized carbons (Fsp3) is 0.400. The van der Waals surface area contributed by atoms with E-state index < -0.39 is 0 Å². The van der Waals surface area contributed by atoms with Crippen molar-refractivity contribution >= 4 is 17.2 Å². The van der Waals surface area contributed by atoms with Gasteiger partial charge in [-0.2, -0.15) is 0 Å². The Kier molecular flexibility index (Phi) is 5.58. The van der Waals surface area contributed by atoms with Crippen LogP contribution in [0.1, 0.15) is 42.3 Å². The first kappa shape index (κ1) is 17.9. The second kappa shape index (κ2) is 8.43. The maximum atomic E-state index is 12.7. The molecule has 1 aliphatic rings. The van der Waals surface area contributed by atoms with Crippen LogP contribution in [0, 0.1) is 0 Å². The first-order valence-electron chi connectivity index (χ1n) is 9.34. The van der Waals surface area contributed by atoms with Crippen LogP contribution in [0.4, 0.5) is 0 Å². The van der Waals surface area contributed by atoms with Gasteiger partial charge in [0.15, 0.2) is 0 Å². The zero-order valence-corrected chi connectivity index (χ0v) is 16.0. The third-order valence-corrected chi connectivity index (χ3v) is 5.69. The first-order valence-corrected chi connectivity index (χ1v) is 10.3. The van der Waals surface area contributed by atoms with E-state index in [9.17, 15) is 4.79 Å². The Morgan fingerprint density at radius 3 is 3.07 bits per heavy atom. The number of nitrogens with zero attached hydrogens (tertiary/aromatic N) is 5. The van der Waals surface area contributed by atoms with E-state index in [-0.39, 0.29) is 11.8 Å². The van der Waals surface area contributed by atoms with E-state index in [1.807, 2.05) is 41.1 Å². The van der Waals surface area contributed by atoms with E-state index in [0.29, 0.717) is 6.42 Å². The number of pyridine rings is 1. The number of likely N-dealkylation sites (tertiary alicyclic amines) is 1. The molecule has 3 aromatic rings. The summed E-state index contributed by atoms with van der Waals surface area (Å²) in [7, 11) is 0. The molecule has 1 atom stereocenters. The number of piperidine rings is 1. The van der Waals surface area contributed by atoms with Gasteiger partial charge in [0, 0.05) is 55.6 Å². The molecule has 0 aliphatic carbocycles. The highest BCUT2D eigenvalue weighted by Crippen LogP contribution is 2.27. The normalized spacial score (nSPS) is 17.2. The molecule has 27 heavy (non-hydrogen) atoms. The number of aromatic nitrogens is 4. The SMILES string of the molecule is O=C(CCc1cccnc1)N1CCC[C@H](c2nccn2Cc2cscn2)C1. The Morgan fingerprint density at radius 1 is 1.30 bits per heavy atom. The van der Waals surface area contributed by atoms with Gasteiger partial charge in [0.05, 0.1) is 17.7 Å². The highest BCUT2D eigenvalue weighted by atomic mass is 32.1. The molecule has 6 nitrogen and oxygen atoms in total. The van der Waals surface area contributed by atoms with Crippen LogP contribution in [0.3, 0.4) is 0 Å². The van der Waals surface area contributed by atoms with Crippen molar-refractivity contribution in [2.45, 2.75) is 38.1 Å². The van der Waals surface area contributed by atoms with E-state index in [4.69, 9.17) is 0 Å². The zero-order valence-electron chi connectivity index (χ0n) is 15.2. The lowest BCUT2D eigenvalue weighted by atomic mass is 9.96. The van der Waals surface area contributed by atoms with Gasteiger partial charge in [0.1, 0.15) is 5.82 Å². The van der Waals surface area contributed by atoms with Gasteiger partial charge in [-0.1, -0.05) is 6.07 Å². The Balaban J connectivity index is 1.38. The predicted octanol–water partition coefficient (Wildman–Crippen LogP) is 3.12. The van der Waals surface area contributed by atoms with Crippen molar-refractivity contribution in [1.82, 2.24) is 24.4 Å². The van der Waals surface area contributed by atoms with E-state index in [1.54, 1.807) is 17.5 Å². The summed E-state index contributed by atoms with van der Waals surface area (Å²) in [6.45, 7) is 2.33. The van der Waals surface area contributed by atoms with Gasteiger partial charge in [-0.25, -0.2) is 9.97 Å². The Bertz CT molecular complexity index is 862. The Morgan fingerprint density at radius 2 is 2.26 bits per heavy atom. The summed E-state index contributed by atoms with van der Waals surface area (Å²) in [5.41, 5.74) is 4.02. The molecule has 0 bridgehead atoms. The zero-order chi connectivity index (χ0) is 18.5. The summed E-state index contributed by atoms with van der Waals surface area (Å²) in [6.07, 6.45) is 10.8. The summed E-state index contributed by atoms with van der Waals surface area (Å²) in [5, 5.41) is 2.07. The summed E-state index contributed by atoms with van der Waals surface area (Å²) in [5.74, 6) is 1.57. The van der Waals surface area contributed by atoms with Crippen molar-refractivity contribution in [3.05, 3.63) is 64.9 Å². The maximum Gasteiger partial charge on any atom is 0.222 e. The molecular weight excluding hydrogens is 358 g/mol. The van der Waals surface area contributed by atoms with Gasteiger partial charge in [-0.3, -0.25) is 9.78 Å². The van der Waals surface area contributed by atoms with Gasteiger partial charge in [-0.15, -0.1) is 11.3 Å². The average Bonchev–Trinajstić information content (AvgIpc) is 3.39. The number of hydrogen-bond acceptors (Lipinski definition) is 5. The monoisotopic (exact) mass is 381 g/mol. The molecular formula is C20H23N5OS. The molecule has 1 fully saturated rings. The van der Waals surface area contributed by atoms with Crippen LogP contribution in [-0.2, 0) is 17.8 Å². The lowest BCUT2D eigenvalue weighted by molar-refractivity contribution is -0.132. The minimum Gasteiger partial charge on any atom is -0.342 e. The van der Waals surface area contributed by atoms with Gasteiger partial charge in [-0.05, 0) is 30.9 Å². The Labute approximate surface area is 162 Å². The quantitative estimate of drug-likeness (QED) is 0.658. The summed E-state index contributed by atoms with van der Waals surface area (Å²) in [6, 6.07) is 3.94. The fourth-order valence-electron chi connectivity index (χ4n) is 3.67. The highest BCUT2D eigenvalue weighted by molar-refractivity contribution is 7.07. The van der Waals surface area contributed by atoms with Crippen LogP contribution in [0.25, 0.3) is 0 Å². The third kappa shape index (κ3) is 4.42. The number of carbonyl (C=O) groups excluding carboxylic acids is 1. The molecule has 1 amide bonds. The molecule has 4 heterocycles. The van der Waals surface area contributed by atoms with Crippen molar-refractivity contribution in [2.75, 3.05) is 13.1 Å². The van der Waals surface area contributed by atoms with E-state index >= 15 is 0 Å². The second-order valence-corrected chi connectivity index (χ2v) is 7.65. The molecule has 140 valence electrons. The fourth-order valence-corrected chi connectivity index (χ4v) is 4.22. The topological polar surface area (TPSA) is 63.9 Å². The van der Waals surface area contributed by atoms with Crippen LogP contribution in [0.2, 0.25) is 0 Å². The second-order valence-electron chi connectivity index (χ2n) is 6.93. The van der Waals surface area contributed by atoms with Crippen molar-refractivity contribution in [1.29, 1.82) is 0 Å². The number of thiazole rings is 1. The number of hydrogen-bond donors (Lipinski definition) is 0. The van der Waals surface area contributed by atoms with Crippen LogP contribution in [0.5, 0.6) is 0 Å². The maximum absolute atomic E-state index is 12.7. The molecule has 4 rings (SSSR count). The number of carbonyl (C=O) groups is 1. The highest BCUT2D eigenvalue weighted by Gasteiger charge is 2.27. The summed E-state index contributed by atoms with van der Waals surface area (Å²) < 4.78 is 2.17. The smallest absolute Gasteiger partial charge is 0.222 e. The van der Waals surface area contributed by atoms with Crippen LogP contribution in [-0.4, -0.2) is 43.4 Å². The van der Waals surface area contributed by atoms with Gasteiger partial charge in [0.25, 0.3) is 0 Å². The van der Waals surface area contributed by atoms with Crippen LogP contribution >= 0.6 is 11.3 Å². The lowest BCUT2D eigenvalue weighted by Gasteiger charge is -2.32. The number of rotatable bonds is 6. The van der Waals surface area contributed by atoms with Crippen molar-refractivity contribution in [3.8, 4) is 0 Å². The van der Waals surface area contributed by atoms with Crippen molar-refractivity contribution in [2.24, 2.45) is 0 Å². The largest absolute Gasteiger partial charge is 0.342 e. The standard InChI is InChI=1S/C20H23N5OS/c26-19(6-5-16-3-1-7-21-11-16)24-9-2-4-17(12-24)20-22-8-10-25(20)13-18-14-27-15-23-18/h1,3,7-8,10-11,14-15,17H,2,4-6,9,12-13H2/t17-/m0/s1. The molecule has 0 N–H and O–H groups in total. The number of imidazole rings is 1. The van der Waals surface area contributed by atoms with Gasteiger partial charge < -0.3 is 9.47 Å². The average molecular weight is 382 g/mol. The van der Waals surface area contributed by atoms with Crippen molar-refractivity contribution < 1.29 is 4.79 Å². The lowest BCUT2D eigenvalue weighted by Crippen LogP contribution is -2.39. The molecule has 0 radical (unpaired) electrons. The first-order chi connectivity index (χ1) is 13.3. The molecule has 1 saturated heterocycles. The molecule has 0 saturated carbocycles. The number of amides is 1. The number of aryl methyl sites for hydroxylation is 1. The molecule has 3 aromatic heterocycles. The van der Waals surface area contributed by atoms with Crippen LogP contribution in [0.15, 0.2) is 47.8 Å². The summed E-state index contributed by atoms with van der Waals surface area (Å²) >= 11 is 1.61. The van der Waals surface area contributed by atoms with E-state index in [0.717, 1.165) is 56.0 Å². The molecule has 0 unspecified atom stereocenters. The van der Waals surface area contributed by atoms with Gasteiger partial charge in [0.2, 0.25) is 5.91 Å².